The van der Waals surface area contributed by atoms with E-state index in [1.165, 1.54) is 35.6 Å². The maximum Gasteiger partial charge on any atom is 0.264 e. The molecule has 0 saturated heterocycles. The quantitative estimate of drug-likeness (QED) is 0.409. The van der Waals surface area contributed by atoms with E-state index in [1.807, 2.05) is 24.3 Å². The van der Waals surface area contributed by atoms with Crippen LogP contribution in [0.4, 0.5) is 5.69 Å². The number of nitrogens with one attached hydrogen (secondary N) is 1. The number of carbonyl (C=O) groups excluding carboxylic acids is 1. The zero-order valence-corrected chi connectivity index (χ0v) is 21.2. The number of methoxy groups -OCH3 is 1. The Morgan fingerprint density at radius 1 is 0.971 bits per heavy atom. The summed E-state index contributed by atoms with van der Waals surface area (Å²) in [7, 11) is -0.663. The van der Waals surface area contributed by atoms with Crippen LogP contribution in [0.15, 0.2) is 77.7 Å². The van der Waals surface area contributed by atoms with Crippen molar-refractivity contribution in [3.63, 3.8) is 0 Å². The van der Waals surface area contributed by atoms with E-state index in [0.29, 0.717) is 22.2 Å². The van der Waals surface area contributed by atoms with Crippen molar-refractivity contribution in [2.45, 2.75) is 31.2 Å². The summed E-state index contributed by atoms with van der Waals surface area (Å²) in [6.07, 6.45) is 0.776. The molecule has 180 valence electrons. The fourth-order valence-corrected chi connectivity index (χ4v) is 4.88. The van der Waals surface area contributed by atoms with E-state index in [4.69, 9.17) is 16.3 Å². The van der Waals surface area contributed by atoms with Crippen LogP contribution in [-0.2, 0) is 10.0 Å². The molecule has 0 heterocycles. The Hall–Kier alpha value is -3.03. The van der Waals surface area contributed by atoms with Crippen molar-refractivity contribution in [2.24, 2.45) is 5.92 Å². The molecule has 8 heteroatoms. The third kappa shape index (κ3) is 6.10. The molecule has 34 heavy (non-hydrogen) atoms. The average molecular weight is 501 g/mol. The number of carbonyl (C=O) groups is 1. The van der Waals surface area contributed by atoms with Crippen LogP contribution in [-0.4, -0.2) is 28.5 Å². The first kappa shape index (κ1) is 25.6. The summed E-state index contributed by atoms with van der Waals surface area (Å²) >= 11 is 5.87. The second-order valence-electron chi connectivity index (χ2n) is 8.40. The molecule has 3 rings (SSSR count). The van der Waals surface area contributed by atoms with Gasteiger partial charge < -0.3 is 10.1 Å². The van der Waals surface area contributed by atoms with E-state index in [9.17, 15) is 13.2 Å². The van der Waals surface area contributed by atoms with Gasteiger partial charge in [0.15, 0.2) is 0 Å². The average Bonchev–Trinajstić information content (AvgIpc) is 2.83. The molecule has 0 bridgehead atoms. The van der Waals surface area contributed by atoms with Crippen LogP contribution in [0.2, 0.25) is 5.02 Å². The van der Waals surface area contributed by atoms with E-state index in [-0.39, 0.29) is 16.8 Å². The molecule has 0 spiro atoms. The molecule has 0 fully saturated rings. The van der Waals surface area contributed by atoms with Gasteiger partial charge in [-0.3, -0.25) is 9.10 Å². The molecule has 1 atom stereocenters. The molecule has 6 nitrogen and oxygen atoms in total. The summed E-state index contributed by atoms with van der Waals surface area (Å²) in [4.78, 5) is 13.1. The lowest BCUT2D eigenvalue weighted by Crippen LogP contribution is -2.30. The number of amides is 1. The van der Waals surface area contributed by atoms with Gasteiger partial charge in [0.25, 0.3) is 15.9 Å². The van der Waals surface area contributed by atoms with Crippen LogP contribution in [0.1, 0.15) is 42.2 Å². The second kappa shape index (κ2) is 10.9. The van der Waals surface area contributed by atoms with E-state index >= 15 is 0 Å². The predicted octanol–water partition coefficient (Wildman–Crippen LogP) is 5.69. The van der Waals surface area contributed by atoms with Crippen molar-refractivity contribution >= 4 is 33.2 Å². The van der Waals surface area contributed by atoms with Gasteiger partial charge in [-0.2, -0.15) is 0 Å². The number of nitrogens with zero attached hydrogens (tertiary/aromatic N) is 1. The van der Waals surface area contributed by atoms with Crippen LogP contribution in [0.25, 0.3) is 0 Å². The van der Waals surface area contributed by atoms with E-state index in [2.05, 4.69) is 19.2 Å². The van der Waals surface area contributed by atoms with Crippen LogP contribution >= 0.6 is 11.6 Å². The lowest BCUT2D eigenvalue weighted by molar-refractivity contribution is 0.0932. The summed E-state index contributed by atoms with van der Waals surface area (Å²) in [5.74, 6) is 0.907. The second-order valence-corrected chi connectivity index (χ2v) is 10.8. The van der Waals surface area contributed by atoms with Crippen molar-refractivity contribution < 1.29 is 17.9 Å². The molecule has 3 aromatic carbocycles. The number of halogens is 1. The standard InChI is InChI=1S/C26H29ClN2O4S/c1-18(2)17-25(19-7-13-23(33-4)14-8-19)28-26(30)20-5-11-22(12-6-20)29(3)34(31,32)24-15-9-21(27)10-16-24/h5-16,18,25H,17H2,1-4H3,(H,28,30)/t25-/m0/s1. The number of hydrogen-bond acceptors (Lipinski definition) is 4. The fraction of sp³-hybridized carbons (Fsp3) is 0.269. The van der Waals surface area contributed by atoms with Gasteiger partial charge in [0.2, 0.25) is 0 Å². The zero-order valence-electron chi connectivity index (χ0n) is 19.7. The first-order valence-electron chi connectivity index (χ1n) is 10.9. The Bertz CT molecular complexity index is 1210. The smallest absolute Gasteiger partial charge is 0.264 e. The van der Waals surface area contributed by atoms with Gasteiger partial charge in [-0.1, -0.05) is 37.6 Å². The van der Waals surface area contributed by atoms with Gasteiger partial charge in [0.1, 0.15) is 5.75 Å². The molecule has 0 aliphatic heterocycles. The minimum absolute atomic E-state index is 0.136. The third-order valence-electron chi connectivity index (χ3n) is 5.50. The lowest BCUT2D eigenvalue weighted by Gasteiger charge is -2.22. The molecule has 1 N–H and O–H groups in total. The van der Waals surface area contributed by atoms with Crippen LogP contribution in [0.5, 0.6) is 5.75 Å². The Labute approximate surface area is 206 Å². The Kier molecular flexibility index (Phi) is 8.23. The van der Waals surface area contributed by atoms with Crippen LogP contribution in [0.3, 0.4) is 0 Å². The highest BCUT2D eigenvalue weighted by Gasteiger charge is 2.22. The van der Waals surface area contributed by atoms with Gasteiger partial charge in [-0.25, -0.2) is 8.42 Å². The summed E-state index contributed by atoms with van der Waals surface area (Å²) in [5, 5.41) is 3.56. The summed E-state index contributed by atoms with van der Waals surface area (Å²) in [6.45, 7) is 4.21. The molecule has 3 aromatic rings. The number of ether oxygens (including phenoxy) is 1. The first-order chi connectivity index (χ1) is 16.1. The molecule has 0 aliphatic carbocycles. The molecule has 0 unspecified atom stereocenters. The Balaban J connectivity index is 1.76. The number of sulfonamides is 1. The summed E-state index contributed by atoms with van der Waals surface area (Å²) in [6, 6.07) is 20.0. The number of benzene rings is 3. The molecule has 1 amide bonds. The molecular formula is C26H29ClN2O4S. The maximum atomic E-state index is 13.0. The van der Waals surface area contributed by atoms with E-state index < -0.39 is 10.0 Å². The van der Waals surface area contributed by atoms with Crippen LogP contribution in [0, 0.1) is 5.92 Å². The van der Waals surface area contributed by atoms with Crippen molar-refractivity contribution in [1.82, 2.24) is 5.32 Å². The molecule has 0 aromatic heterocycles. The number of rotatable bonds is 9. The highest BCUT2D eigenvalue weighted by molar-refractivity contribution is 7.92. The summed E-state index contributed by atoms with van der Waals surface area (Å²) in [5.41, 5.74) is 1.89. The van der Waals surface area contributed by atoms with E-state index in [1.54, 1.807) is 31.4 Å². The predicted molar refractivity (Wildman–Crippen MR) is 136 cm³/mol. The number of hydrogen-bond donors (Lipinski definition) is 1. The summed E-state index contributed by atoms with van der Waals surface area (Å²) < 4.78 is 32.2. The third-order valence-corrected chi connectivity index (χ3v) is 7.55. The SMILES string of the molecule is COc1ccc([C@H](CC(C)C)NC(=O)c2ccc(N(C)S(=O)(=O)c3ccc(Cl)cc3)cc2)cc1. The highest BCUT2D eigenvalue weighted by atomic mass is 35.5. The van der Waals surface area contributed by atoms with Gasteiger partial charge in [-0.15, -0.1) is 0 Å². The first-order valence-corrected chi connectivity index (χ1v) is 12.7. The zero-order chi connectivity index (χ0) is 24.9. The van der Waals surface area contributed by atoms with Gasteiger partial charge in [-0.05, 0) is 78.6 Å². The molecule has 0 aliphatic rings. The largest absolute Gasteiger partial charge is 0.497 e. The molecule has 0 radical (unpaired) electrons. The monoisotopic (exact) mass is 500 g/mol. The Morgan fingerprint density at radius 3 is 2.09 bits per heavy atom. The van der Waals surface area contributed by atoms with Gasteiger partial charge in [0, 0.05) is 17.6 Å². The lowest BCUT2D eigenvalue weighted by atomic mass is 9.96. The van der Waals surface area contributed by atoms with Gasteiger partial charge in [0.05, 0.1) is 23.7 Å². The minimum atomic E-state index is -3.75. The normalized spacial score (nSPS) is 12.3. The maximum absolute atomic E-state index is 13.0. The van der Waals surface area contributed by atoms with E-state index in [0.717, 1.165) is 17.7 Å². The topological polar surface area (TPSA) is 75.7 Å². The fourth-order valence-electron chi connectivity index (χ4n) is 3.55. The number of anilines is 1. The van der Waals surface area contributed by atoms with Crippen molar-refractivity contribution in [3.8, 4) is 5.75 Å². The Morgan fingerprint density at radius 2 is 1.56 bits per heavy atom. The van der Waals surface area contributed by atoms with Crippen molar-refractivity contribution in [1.29, 1.82) is 0 Å². The highest BCUT2D eigenvalue weighted by Crippen LogP contribution is 2.26. The molecular weight excluding hydrogens is 472 g/mol. The van der Waals surface area contributed by atoms with Gasteiger partial charge >= 0.3 is 0 Å². The minimum Gasteiger partial charge on any atom is -0.497 e. The van der Waals surface area contributed by atoms with Crippen LogP contribution < -0.4 is 14.4 Å². The van der Waals surface area contributed by atoms with Crippen molar-refractivity contribution in [3.05, 3.63) is 88.9 Å². The molecule has 0 saturated carbocycles. The van der Waals surface area contributed by atoms with Crippen molar-refractivity contribution in [2.75, 3.05) is 18.5 Å².